The lowest BCUT2D eigenvalue weighted by molar-refractivity contribution is -0.277. The summed E-state index contributed by atoms with van der Waals surface area (Å²) in [6.45, 7) is 4.99. The summed E-state index contributed by atoms with van der Waals surface area (Å²) < 4.78 is 30.5. The molecule has 1 atom stereocenters. The van der Waals surface area contributed by atoms with E-state index >= 15 is 0 Å². The van der Waals surface area contributed by atoms with Crippen LogP contribution in [-0.2, 0) is 9.53 Å². The zero-order chi connectivity index (χ0) is 15.3. The van der Waals surface area contributed by atoms with Crippen LogP contribution in [0.1, 0.15) is 40.0 Å². The Balaban J connectivity index is 1.98. The van der Waals surface area contributed by atoms with Crippen LogP contribution in [0, 0.1) is 10.8 Å². The van der Waals surface area contributed by atoms with E-state index in [-0.39, 0.29) is 19.3 Å². The number of nitrogens with one attached hydrogen (secondary N) is 1. The van der Waals surface area contributed by atoms with E-state index in [2.05, 4.69) is 5.32 Å². The van der Waals surface area contributed by atoms with Gasteiger partial charge in [-0.2, -0.15) is 0 Å². The molecule has 0 aromatic carbocycles. The Morgan fingerprint density at radius 3 is 2.05 bits per heavy atom. The number of amides is 1. The van der Waals surface area contributed by atoms with Crippen LogP contribution in [0.4, 0.5) is 13.6 Å². The summed E-state index contributed by atoms with van der Waals surface area (Å²) in [7, 11) is 0. The second-order valence-electron chi connectivity index (χ2n) is 6.97. The molecule has 3 fully saturated rings. The number of carbonyl (C=O) groups excluding carboxylic acids is 1. The number of carboxylic acids is 1. The summed E-state index contributed by atoms with van der Waals surface area (Å²) in [5.41, 5.74) is -2.50. The van der Waals surface area contributed by atoms with Crippen molar-refractivity contribution in [2.75, 3.05) is 0 Å². The number of alkyl carbamates (subject to hydrolysis) is 1. The third-order valence-electron chi connectivity index (χ3n) is 4.10. The Hall–Kier alpha value is -1.40. The molecule has 3 aliphatic rings. The highest BCUT2D eigenvalue weighted by Gasteiger charge is 2.75. The lowest BCUT2D eigenvalue weighted by Crippen LogP contribution is -2.73. The number of aliphatic carboxylic acids is 1. The standard InChI is InChI=1S/C13H19F2NO4/c1-11(2,3)20-10(19)16-7(8(17)18)12-4-13(5-12,6-12)9(14)15/h7,9H,4-6H2,1-3H3,(H,16,19)(H,17,18). The Labute approximate surface area is 115 Å². The number of hydrogen-bond donors (Lipinski definition) is 2. The van der Waals surface area contributed by atoms with Gasteiger partial charge in [-0.25, -0.2) is 18.4 Å². The van der Waals surface area contributed by atoms with Crippen LogP contribution >= 0.6 is 0 Å². The van der Waals surface area contributed by atoms with E-state index in [1.165, 1.54) is 0 Å². The van der Waals surface area contributed by atoms with Gasteiger partial charge in [0.05, 0.1) is 0 Å². The molecule has 0 saturated heterocycles. The minimum atomic E-state index is -2.43. The van der Waals surface area contributed by atoms with E-state index in [1.807, 2.05) is 0 Å². The summed E-state index contributed by atoms with van der Waals surface area (Å²) in [6, 6.07) is -1.17. The second-order valence-corrected chi connectivity index (χ2v) is 6.97. The van der Waals surface area contributed by atoms with E-state index in [4.69, 9.17) is 4.74 Å². The molecule has 2 bridgehead atoms. The van der Waals surface area contributed by atoms with Gasteiger partial charge in [0.25, 0.3) is 0 Å². The van der Waals surface area contributed by atoms with E-state index in [1.54, 1.807) is 20.8 Å². The molecule has 20 heavy (non-hydrogen) atoms. The first-order valence-electron chi connectivity index (χ1n) is 6.50. The third-order valence-corrected chi connectivity index (χ3v) is 4.10. The lowest BCUT2D eigenvalue weighted by atomic mass is 9.33. The van der Waals surface area contributed by atoms with Gasteiger partial charge in [-0.05, 0) is 40.0 Å². The number of hydrogen-bond acceptors (Lipinski definition) is 3. The summed E-state index contributed by atoms with van der Waals surface area (Å²) in [6.07, 6.45) is -2.83. The highest BCUT2D eigenvalue weighted by Crippen LogP contribution is 2.76. The Morgan fingerprint density at radius 2 is 1.70 bits per heavy atom. The van der Waals surface area contributed by atoms with Gasteiger partial charge >= 0.3 is 12.1 Å². The van der Waals surface area contributed by atoms with Crippen molar-refractivity contribution in [2.24, 2.45) is 10.8 Å². The normalized spacial score (nSPS) is 32.9. The molecule has 0 heterocycles. The molecule has 1 amide bonds. The Morgan fingerprint density at radius 1 is 1.20 bits per heavy atom. The van der Waals surface area contributed by atoms with Crippen LogP contribution in [-0.4, -0.2) is 35.2 Å². The van der Waals surface area contributed by atoms with Crippen LogP contribution in [0.5, 0.6) is 0 Å². The zero-order valence-corrected chi connectivity index (χ0v) is 11.7. The second kappa shape index (κ2) is 4.30. The molecule has 114 valence electrons. The summed E-state index contributed by atoms with van der Waals surface area (Å²) in [5, 5.41) is 11.5. The molecule has 0 aliphatic heterocycles. The van der Waals surface area contributed by atoms with Gasteiger partial charge in [-0.15, -0.1) is 0 Å². The van der Waals surface area contributed by atoms with Crippen molar-refractivity contribution in [2.45, 2.75) is 58.1 Å². The highest BCUT2D eigenvalue weighted by atomic mass is 19.3. The number of rotatable bonds is 4. The molecule has 3 saturated carbocycles. The number of carboxylic acid groups (broad SMARTS) is 1. The van der Waals surface area contributed by atoms with Gasteiger partial charge in [0.2, 0.25) is 6.43 Å². The molecule has 0 spiro atoms. The third kappa shape index (κ3) is 2.33. The molecule has 0 radical (unpaired) electrons. The fourth-order valence-corrected chi connectivity index (χ4v) is 3.39. The fourth-order valence-electron chi connectivity index (χ4n) is 3.39. The summed E-state index contributed by atoms with van der Waals surface area (Å²) >= 11 is 0. The molecule has 0 aromatic rings. The Kier molecular flexibility index (Phi) is 3.22. The van der Waals surface area contributed by atoms with Crippen molar-refractivity contribution in [1.29, 1.82) is 0 Å². The van der Waals surface area contributed by atoms with Crippen molar-refractivity contribution in [1.82, 2.24) is 5.32 Å². The predicted octanol–water partition coefficient (Wildman–Crippen LogP) is 2.40. The first-order chi connectivity index (χ1) is 9.00. The van der Waals surface area contributed by atoms with Gasteiger partial charge in [0, 0.05) is 10.8 Å². The van der Waals surface area contributed by atoms with Gasteiger partial charge in [-0.3, -0.25) is 0 Å². The molecular weight excluding hydrogens is 272 g/mol. The van der Waals surface area contributed by atoms with Gasteiger partial charge in [0.1, 0.15) is 11.6 Å². The fraction of sp³-hybridized carbons (Fsp3) is 0.846. The van der Waals surface area contributed by atoms with E-state index in [9.17, 15) is 23.5 Å². The highest BCUT2D eigenvalue weighted by molar-refractivity contribution is 5.81. The molecular formula is C13H19F2NO4. The largest absolute Gasteiger partial charge is 0.480 e. The first-order valence-corrected chi connectivity index (χ1v) is 6.50. The Bertz CT molecular complexity index is 424. The van der Waals surface area contributed by atoms with E-state index < -0.39 is 41.0 Å². The van der Waals surface area contributed by atoms with Crippen LogP contribution in [0.2, 0.25) is 0 Å². The predicted molar refractivity (Wildman–Crippen MR) is 65.5 cm³/mol. The average molecular weight is 291 g/mol. The van der Waals surface area contributed by atoms with Gasteiger partial charge < -0.3 is 15.2 Å². The van der Waals surface area contributed by atoms with Crippen LogP contribution in [0.15, 0.2) is 0 Å². The van der Waals surface area contributed by atoms with E-state index in [0.29, 0.717) is 0 Å². The smallest absolute Gasteiger partial charge is 0.408 e. The molecule has 3 rings (SSSR count). The van der Waals surface area contributed by atoms with Gasteiger partial charge in [-0.1, -0.05) is 0 Å². The summed E-state index contributed by atoms with van der Waals surface area (Å²) in [4.78, 5) is 22.9. The molecule has 0 aromatic heterocycles. The van der Waals surface area contributed by atoms with Crippen molar-refractivity contribution in [3.05, 3.63) is 0 Å². The minimum Gasteiger partial charge on any atom is -0.480 e. The maximum absolute atomic E-state index is 12.8. The topological polar surface area (TPSA) is 75.6 Å². The van der Waals surface area contributed by atoms with Gasteiger partial charge in [0.15, 0.2) is 0 Å². The number of ether oxygens (including phenoxy) is 1. The minimum absolute atomic E-state index is 0.143. The molecule has 5 nitrogen and oxygen atoms in total. The quantitative estimate of drug-likeness (QED) is 0.834. The number of alkyl halides is 2. The number of carbonyl (C=O) groups is 2. The van der Waals surface area contributed by atoms with Crippen LogP contribution < -0.4 is 5.32 Å². The van der Waals surface area contributed by atoms with Crippen molar-refractivity contribution in [3.8, 4) is 0 Å². The lowest BCUT2D eigenvalue weighted by Gasteiger charge is -2.71. The van der Waals surface area contributed by atoms with E-state index in [0.717, 1.165) is 0 Å². The average Bonchev–Trinajstić information content (AvgIpc) is 2.07. The number of halogens is 2. The molecule has 1 unspecified atom stereocenters. The van der Waals surface area contributed by atoms with Crippen molar-refractivity contribution < 1.29 is 28.2 Å². The zero-order valence-electron chi connectivity index (χ0n) is 11.7. The SMILES string of the molecule is CC(C)(C)OC(=O)NC(C(=O)O)C12CC(C(F)F)(C1)C2. The molecule has 3 aliphatic carbocycles. The van der Waals surface area contributed by atoms with Crippen LogP contribution in [0.3, 0.4) is 0 Å². The first kappa shape index (κ1) is 15.0. The maximum atomic E-state index is 12.8. The van der Waals surface area contributed by atoms with Crippen LogP contribution in [0.25, 0.3) is 0 Å². The summed E-state index contributed by atoms with van der Waals surface area (Å²) in [5.74, 6) is -1.21. The molecule has 7 heteroatoms. The maximum Gasteiger partial charge on any atom is 0.408 e. The monoisotopic (exact) mass is 291 g/mol. The molecule has 2 N–H and O–H groups in total. The van der Waals surface area contributed by atoms with Crippen molar-refractivity contribution in [3.63, 3.8) is 0 Å². The van der Waals surface area contributed by atoms with Crippen molar-refractivity contribution >= 4 is 12.1 Å².